The van der Waals surface area contributed by atoms with Gasteiger partial charge in [-0.15, -0.1) is 0 Å². The Morgan fingerprint density at radius 1 is 1.15 bits per heavy atom. The second-order valence-corrected chi connectivity index (χ2v) is 4.65. The predicted octanol–water partition coefficient (Wildman–Crippen LogP) is 0.787. The number of urea groups is 1. The van der Waals surface area contributed by atoms with Crippen molar-refractivity contribution in [2.24, 2.45) is 0 Å². The van der Waals surface area contributed by atoms with E-state index in [1.807, 2.05) is 6.07 Å². The van der Waals surface area contributed by atoms with Crippen LogP contribution in [0.4, 0.5) is 10.5 Å². The second-order valence-electron chi connectivity index (χ2n) is 4.65. The predicted molar refractivity (Wildman–Crippen MR) is 73.3 cm³/mol. The van der Waals surface area contributed by atoms with Gasteiger partial charge in [-0.25, -0.2) is 9.59 Å². The molecule has 0 radical (unpaired) electrons. The van der Waals surface area contributed by atoms with Crippen molar-refractivity contribution in [1.29, 1.82) is 0 Å². The molecule has 1 aromatic carbocycles. The zero-order valence-corrected chi connectivity index (χ0v) is 11.3. The summed E-state index contributed by atoms with van der Waals surface area (Å²) in [4.78, 5) is 33.8. The molecule has 4 N–H and O–H groups in total. The van der Waals surface area contributed by atoms with Crippen molar-refractivity contribution in [3.63, 3.8) is 0 Å². The number of carboxylic acids is 1. The van der Waals surface area contributed by atoms with Gasteiger partial charge in [0.2, 0.25) is 5.91 Å². The van der Waals surface area contributed by atoms with Gasteiger partial charge in [0.15, 0.2) is 0 Å². The van der Waals surface area contributed by atoms with Crippen molar-refractivity contribution in [3.05, 3.63) is 30.3 Å². The minimum atomic E-state index is -1.38. The lowest BCUT2D eigenvalue weighted by atomic mass is 10.1. The summed E-state index contributed by atoms with van der Waals surface area (Å²) in [6.45, 7) is 2.41. The summed E-state index contributed by atoms with van der Waals surface area (Å²) in [6, 6.07) is 8.19. The highest BCUT2D eigenvalue weighted by Crippen LogP contribution is 2.04. The van der Waals surface area contributed by atoms with Gasteiger partial charge in [-0.05, 0) is 26.0 Å². The average molecular weight is 279 g/mol. The average Bonchev–Trinajstić information content (AvgIpc) is 2.37. The Balaban J connectivity index is 2.38. The van der Waals surface area contributed by atoms with Crippen molar-refractivity contribution < 1.29 is 19.5 Å². The minimum absolute atomic E-state index is 0.310. The van der Waals surface area contributed by atoms with Crippen LogP contribution < -0.4 is 16.0 Å². The molecule has 20 heavy (non-hydrogen) atoms. The molecule has 1 aromatic rings. The SMILES string of the molecule is CC(C)(NC(=O)CNC(=O)Nc1ccccc1)C(=O)O. The normalized spacial score (nSPS) is 10.5. The van der Waals surface area contributed by atoms with E-state index in [2.05, 4.69) is 16.0 Å². The van der Waals surface area contributed by atoms with Gasteiger partial charge in [-0.3, -0.25) is 4.79 Å². The summed E-state index contributed by atoms with van der Waals surface area (Å²) in [5, 5.41) is 16.0. The molecule has 3 amide bonds. The highest BCUT2D eigenvalue weighted by Gasteiger charge is 2.28. The van der Waals surface area contributed by atoms with E-state index in [1.165, 1.54) is 13.8 Å². The highest BCUT2D eigenvalue weighted by atomic mass is 16.4. The Hall–Kier alpha value is -2.57. The molecule has 0 atom stereocenters. The van der Waals surface area contributed by atoms with Crippen LogP contribution in [0.25, 0.3) is 0 Å². The third-order valence-electron chi connectivity index (χ3n) is 2.43. The first kappa shape index (κ1) is 15.5. The summed E-state index contributed by atoms with van der Waals surface area (Å²) in [6.07, 6.45) is 0. The summed E-state index contributed by atoms with van der Waals surface area (Å²) < 4.78 is 0. The maximum atomic E-state index is 11.5. The number of aliphatic carboxylic acids is 1. The van der Waals surface area contributed by atoms with E-state index in [0.717, 1.165) is 0 Å². The monoisotopic (exact) mass is 279 g/mol. The van der Waals surface area contributed by atoms with Crippen LogP contribution in [0.3, 0.4) is 0 Å². The molecule has 0 aromatic heterocycles. The molecule has 108 valence electrons. The fourth-order valence-corrected chi connectivity index (χ4v) is 1.30. The van der Waals surface area contributed by atoms with Crippen LogP contribution >= 0.6 is 0 Å². The molecule has 0 unspecified atom stereocenters. The van der Waals surface area contributed by atoms with E-state index in [-0.39, 0.29) is 6.54 Å². The number of nitrogens with one attached hydrogen (secondary N) is 3. The van der Waals surface area contributed by atoms with Crippen LogP contribution in [0.1, 0.15) is 13.8 Å². The fraction of sp³-hybridized carbons (Fsp3) is 0.308. The number of amides is 3. The lowest BCUT2D eigenvalue weighted by Gasteiger charge is -2.21. The Morgan fingerprint density at radius 2 is 1.75 bits per heavy atom. The first-order chi connectivity index (χ1) is 9.31. The fourth-order valence-electron chi connectivity index (χ4n) is 1.30. The molecule has 7 heteroatoms. The quantitative estimate of drug-likeness (QED) is 0.639. The molecule has 0 spiro atoms. The van der Waals surface area contributed by atoms with Gasteiger partial charge in [0.1, 0.15) is 5.54 Å². The van der Waals surface area contributed by atoms with Crippen molar-refractivity contribution in [2.45, 2.75) is 19.4 Å². The van der Waals surface area contributed by atoms with Gasteiger partial charge in [-0.2, -0.15) is 0 Å². The first-order valence-corrected chi connectivity index (χ1v) is 5.95. The lowest BCUT2D eigenvalue weighted by molar-refractivity contribution is -0.145. The van der Waals surface area contributed by atoms with Gasteiger partial charge in [0.25, 0.3) is 0 Å². The number of para-hydroxylation sites is 1. The molecule has 0 saturated heterocycles. The maximum absolute atomic E-state index is 11.5. The maximum Gasteiger partial charge on any atom is 0.328 e. The molecule has 0 bridgehead atoms. The van der Waals surface area contributed by atoms with Crippen LogP contribution in [0.2, 0.25) is 0 Å². The third kappa shape index (κ3) is 4.97. The van der Waals surface area contributed by atoms with Crippen LogP contribution in [-0.2, 0) is 9.59 Å². The van der Waals surface area contributed by atoms with Crippen molar-refractivity contribution in [3.8, 4) is 0 Å². The molecule has 0 saturated carbocycles. The topological polar surface area (TPSA) is 108 Å². The summed E-state index contributed by atoms with van der Waals surface area (Å²) in [5.74, 6) is -1.74. The number of benzene rings is 1. The van der Waals surface area contributed by atoms with Gasteiger partial charge < -0.3 is 21.1 Å². The standard InChI is InChI=1S/C13H17N3O4/c1-13(2,11(18)19)16-10(17)8-14-12(20)15-9-6-4-3-5-7-9/h3-7H,8H2,1-2H3,(H,16,17)(H,18,19)(H2,14,15,20). The number of carbonyl (C=O) groups is 3. The molecule has 7 nitrogen and oxygen atoms in total. The molecule has 0 aliphatic heterocycles. The van der Waals surface area contributed by atoms with E-state index >= 15 is 0 Å². The van der Waals surface area contributed by atoms with Gasteiger partial charge in [0.05, 0.1) is 6.54 Å². The van der Waals surface area contributed by atoms with Crippen LogP contribution in [0, 0.1) is 0 Å². The second kappa shape index (κ2) is 6.55. The van der Waals surface area contributed by atoms with Gasteiger partial charge in [-0.1, -0.05) is 18.2 Å². The number of carboxylic acid groups (broad SMARTS) is 1. The van der Waals surface area contributed by atoms with Crippen molar-refractivity contribution >= 4 is 23.6 Å². The number of hydrogen-bond donors (Lipinski definition) is 4. The molecule has 0 aliphatic carbocycles. The Labute approximate surface area is 116 Å². The van der Waals surface area contributed by atoms with Gasteiger partial charge >= 0.3 is 12.0 Å². The summed E-state index contributed by atoms with van der Waals surface area (Å²) >= 11 is 0. The summed E-state index contributed by atoms with van der Waals surface area (Å²) in [5.41, 5.74) is -0.787. The van der Waals surface area contributed by atoms with E-state index in [1.54, 1.807) is 24.3 Å². The molecule has 0 fully saturated rings. The first-order valence-electron chi connectivity index (χ1n) is 5.95. The third-order valence-corrected chi connectivity index (χ3v) is 2.43. The van der Waals surface area contributed by atoms with E-state index in [9.17, 15) is 14.4 Å². The molecule has 1 rings (SSSR count). The van der Waals surface area contributed by atoms with Crippen molar-refractivity contribution in [1.82, 2.24) is 10.6 Å². The molecular weight excluding hydrogens is 262 g/mol. The largest absolute Gasteiger partial charge is 0.480 e. The highest BCUT2D eigenvalue weighted by molar-refractivity contribution is 5.93. The van der Waals surface area contributed by atoms with Crippen molar-refractivity contribution in [2.75, 3.05) is 11.9 Å². The van der Waals surface area contributed by atoms with Crippen LogP contribution in [0.5, 0.6) is 0 Å². The number of rotatable bonds is 5. The van der Waals surface area contributed by atoms with Crippen LogP contribution in [-0.4, -0.2) is 35.1 Å². The molecular formula is C13H17N3O4. The van der Waals surface area contributed by atoms with E-state index < -0.39 is 23.4 Å². The Bertz CT molecular complexity index is 500. The summed E-state index contributed by atoms with van der Waals surface area (Å²) in [7, 11) is 0. The molecule has 0 aliphatic rings. The van der Waals surface area contributed by atoms with Crippen LogP contribution in [0.15, 0.2) is 30.3 Å². The number of hydrogen-bond acceptors (Lipinski definition) is 3. The zero-order valence-electron chi connectivity index (χ0n) is 11.3. The smallest absolute Gasteiger partial charge is 0.328 e. The number of carbonyl (C=O) groups excluding carboxylic acids is 2. The molecule has 0 heterocycles. The Kier molecular flexibility index (Phi) is 5.08. The zero-order chi connectivity index (χ0) is 15.2. The Morgan fingerprint density at radius 3 is 2.30 bits per heavy atom. The minimum Gasteiger partial charge on any atom is -0.480 e. The number of anilines is 1. The van der Waals surface area contributed by atoms with Gasteiger partial charge in [0, 0.05) is 5.69 Å². The lowest BCUT2D eigenvalue weighted by Crippen LogP contribution is -2.52. The van der Waals surface area contributed by atoms with E-state index in [4.69, 9.17) is 5.11 Å². The van der Waals surface area contributed by atoms with E-state index in [0.29, 0.717) is 5.69 Å².